The highest BCUT2D eigenvalue weighted by molar-refractivity contribution is 7.88. The number of sulfonamides is 1. The Balaban J connectivity index is 2.44. The summed E-state index contributed by atoms with van der Waals surface area (Å²) >= 11 is 0. The molecule has 1 fully saturated rings. The summed E-state index contributed by atoms with van der Waals surface area (Å²) in [5.41, 5.74) is 0. The Morgan fingerprint density at radius 1 is 1.32 bits per heavy atom. The Hall–Kier alpha value is -0.820. The van der Waals surface area contributed by atoms with Crippen molar-refractivity contribution in [2.45, 2.75) is 51.6 Å². The van der Waals surface area contributed by atoms with Crippen LogP contribution in [0.25, 0.3) is 0 Å². The molecule has 2 N–H and O–H groups in total. The van der Waals surface area contributed by atoms with Gasteiger partial charge in [-0.3, -0.25) is 0 Å². The lowest BCUT2D eigenvalue weighted by atomic mass is 10.2. The first-order valence-electron chi connectivity index (χ1n) is 6.82. The van der Waals surface area contributed by atoms with Crippen LogP contribution in [0.4, 0.5) is 4.79 Å². The molecule has 0 radical (unpaired) electrons. The van der Waals surface area contributed by atoms with Gasteiger partial charge in [0.2, 0.25) is 10.0 Å². The lowest BCUT2D eigenvalue weighted by Gasteiger charge is -2.26. The molecule has 112 valence electrons. The molecule has 19 heavy (non-hydrogen) atoms. The van der Waals surface area contributed by atoms with Crippen LogP contribution >= 0.6 is 0 Å². The molecule has 0 aromatic heterocycles. The van der Waals surface area contributed by atoms with Crippen molar-refractivity contribution in [1.82, 2.24) is 14.9 Å². The van der Waals surface area contributed by atoms with E-state index in [-0.39, 0.29) is 18.1 Å². The summed E-state index contributed by atoms with van der Waals surface area (Å²) in [6.07, 6.45) is 5.24. The molecule has 6 nitrogen and oxygen atoms in total. The van der Waals surface area contributed by atoms with Crippen molar-refractivity contribution >= 4 is 16.1 Å². The number of hydrogen-bond donors (Lipinski definition) is 2. The predicted octanol–water partition coefficient (Wildman–Crippen LogP) is 0.898. The van der Waals surface area contributed by atoms with E-state index in [2.05, 4.69) is 10.6 Å². The number of carbonyl (C=O) groups excluding carboxylic acids is 1. The molecule has 0 saturated heterocycles. The zero-order chi connectivity index (χ0) is 14.5. The molecule has 0 aliphatic heterocycles. The van der Waals surface area contributed by atoms with Gasteiger partial charge in [0.25, 0.3) is 0 Å². The standard InChI is InChI=1S/C12H25N3O3S/c1-10(2)14-12(16)13-8-9-15(19(3,17)18)11-6-4-5-7-11/h10-11H,4-9H2,1-3H3,(H2,13,14,16). The monoisotopic (exact) mass is 291 g/mol. The number of rotatable bonds is 6. The van der Waals surface area contributed by atoms with Gasteiger partial charge in [0.05, 0.1) is 6.26 Å². The summed E-state index contributed by atoms with van der Waals surface area (Å²) in [5, 5.41) is 5.39. The lowest BCUT2D eigenvalue weighted by molar-refractivity contribution is 0.236. The highest BCUT2D eigenvalue weighted by atomic mass is 32.2. The molecule has 1 saturated carbocycles. The molecule has 1 aliphatic carbocycles. The molecule has 0 aromatic carbocycles. The van der Waals surface area contributed by atoms with Gasteiger partial charge in [-0.25, -0.2) is 13.2 Å². The SMILES string of the molecule is CC(C)NC(=O)NCCN(C1CCCC1)S(C)(=O)=O. The zero-order valence-corrected chi connectivity index (χ0v) is 12.8. The molecular formula is C12H25N3O3S. The minimum atomic E-state index is -3.21. The first-order valence-corrected chi connectivity index (χ1v) is 8.66. The highest BCUT2D eigenvalue weighted by Gasteiger charge is 2.28. The third kappa shape index (κ3) is 5.78. The second-order valence-electron chi connectivity index (χ2n) is 5.37. The van der Waals surface area contributed by atoms with Crippen molar-refractivity contribution in [3.05, 3.63) is 0 Å². The van der Waals surface area contributed by atoms with Gasteiger partial charge in [-0.1, -0.05) is 12.8 Å². The van der Waals surface area contributed by atoms with Gasteiger partial charge < -0.3 is 10.6 Å². The fourth-order valence-corrected chi connectivity index (χ4v) is 3.58. The number of carbonyl (C=O) groups is 1. The van der Waals surface area contributed by atoms with Gasteiger partial charge in [-0.05, 0) is 26.7 Å². The van der Waals surface area contributed by atoms with Crippen LogP contribution in [0.3, 0.4) is 0 Å². The van der Waals surface area contributed by atoms with Crippen molar-refractivity contribution in [2.75, 3.05) is 19.3 Å². The van der Waals surface area contributed by atoms with Crippen LogP contribution in [0.5, 0.6) is 0 Å². The van der Waals surface area contributed by atoms with Crippen molar-refractivity contribution in [3.63, 3.8) is 0 Å². The number of urea groups is 1. The lowest BCUT2D eigenvalue weighted by Crippen LogP contribution is -2.46. The maximum absolute atomic E-state index is 11.8. The van der Waals surface area contributed by atoms with E-state index in [1.165, 1.54) is 10.6 Å². The smallest absolute Gasteiger partial charge is 0.315 e. The normalized spacial score (nSPS) is 17.1. The molecule has 0 bridgehead atoms. The van der Waals surface area contributed by atoms with Gasteiger partial charge in [0.15, 0.2) is 0 Å². The van der Waals surface area contributed by atoms with Crippen LogP contribution in [-0.2, 0) is 10.0 Å². The summed E-state index contributed by atoms with van der Waals surface area (Å²) < 4.78 is 25.1. The first kappa shape index (κ1) is 16.2. The summed E-state index contributed by atoms with van der Waals surface area (Å²) in [6.45, 7) is 4.43. The maximum Gasteiger partial charge on any atom is 0.315 e. The third-order valence-corrected chi connectivity index (χ3v) is 4.53. The highest BCUT2D eigenvalue weighted by Crippen LogP contribution is 2.24. The summed E-state index contributed by atoms with van der Waals surface area (Å²) in [4.78, 5) is 11.4. The van der Waals surface area contributed by atoms with E-state index in [1.54, 1.807) is 0 Å². The van der Waals surface area contributed by atoms with Crippen LogP contribution in [0.15, 0.2) is 0 Å². The predicted molar refractivity (Wildman–Crippen MR) is 75.5 cm³/mol. The van der Waals surface area contributed by atoms with Crippen LogP contribution < -0.4 is 10.6 Å². The topological polar surface area (TPSA) is 78.5 Å². The molecular weight excluding hydrogens is 266 g/mol. The fraction of sp³-hybridized carbons (Fsp3) is 0.917. The molecule has 2 amide bonds. The van der Waals surface area contributed by atoms with E-state index < -0.39 is 10.0 Å². The van der Waals surface area contributed by atoms with E-state index in [0.29, 0.717) is 13.1 Å². The summed E-state index contributed by atoms with van der Waals surface area (Å²) in [5.74, 6) is 0. The van der Waals surface area contributed by atoms with Crippen molar-refractivity contribution in [3.8, 4) is 0 Å². The molecule has 0 atom stereocenters. The Bertz CT molecular complexity index is 389. The van der Waals surface area contributed by atoms with Crippen molar-refractivity contribution < 1.29 is 13.2 Å². The number of hydrogen-bond acceptors (Lipinski definition) is 3. The van der Waals surface area contributed by atoms with Crippen molar-refractivity contribution in [1.29, 1.82) is 0 Å². The molecule has 0 aromatic rings. The van der Waals surface area contributed by atoms with Gasteiger partial charge in [0.1, 0.15) is 0 Å². The summed E-state index contributed by atoms with van der Waals surface area (Å²) in [7, 11) is -3.21. The van der Waals surface area contributed by atoms with Crippen LogP contribution in [0.2, 0.25) is 0 Å². The molecule has 0 spiro atoms. The van der Waals surface area contributed by atoms with Crippen LogP contribution in [-0.4, -0.2) is 50.2 Å². The largest absolute Gasteiger partial charge is 0.337 e. The van der Waals surface area contributed by atoms with E-state index in [0.717, 1.165) is 25.7 Å². The quantitative estimate of drug-likeness (QED) is 0.763. The minimum absolute atomic E-state index is 0.0702. The number of nitrogens with one attached hydrogen (secondary N) is 2. The number of nitrogens with zero attached hydrogens (tertiary/aromatic N) is 1. The van der Waals surface area contributed by atoms with Crippen LogP contribution in [0.1, 0.15) is 39.5 Å². The Morgan fingerprint density at radius 3 is 2.37 bits per heavy atom. The maximum atomic E-state index is 11.8. The van der Waals surface area contributed by atoms with E-state index in [9.17, 15) is 13.2 Å². The molecule has 0 heterocycles. The second-order valence-corrected chi connectivity index (χ2v) is 7.30. The Labute approximate surface area is 116 Å². The van der Waals surface area contributed by atoms with E-state index >= 15 is 0 Å². The van der Waals surface area contributed by atoms with E-state index in [1.807, 2.05) is 13.8 Å². The van der Waals surface area contributed by atoms with E-state index in [4.69, 9.17) is 0 Å². The molecule has 7 heteroatoms. The van der Waals surface area contributed by atoms with Crippen molar-refractivity contribution in [2.24, 2.45) is 0 Å². The molecule has 1 aliphatic rings. The minimum Gasteiger partial charge on any atom is -0.337 e. The van der Waals surface area contributed by atoms with Gasteiger partial charge in [0, 0.05) is 25.2 Å². The molecule has 1 rings (SSSR count). The Morgan fingerprint density at radius 2 is 1.89 bits per heavy atom. The third-order valence-electron chi connectivity index (χ3n) is 3.20. The van der Waals surface area contributed by atoms with Gasteiger partial charge in [-0.15, -0.1) is 0 Å². The fourth-order valence-electron chi connectivity index (χ4n) is 2.40. The Kier molecular flexibility index (Phi) is 6.06. The molecule has 0 unspecified atom stereocenters. The zero-order valence-electron chi connectivity index (χ0n) is 12.0. The number of amides is 2. The second kappa shape index (κ2) is 7.09. The average molecular weight is 291 g/mol. The van der Waals surface area contributed by atoms with Crippen LogP contribution in [0, 0.1) is 0 Å². The first-order chi connectivity index (χ1) is 8.80. The average Bonchev–Trinajstić information content (AvgIpc) is 2.74. The summed E-state index contributed by atoms with van der Waals surface area (Å²) in [6, 6.07) is -0.0827. The van der Waals surface area contributed by atoms with Gasteiger partial charge in [-0.2, -0.15) is 4.31 Å². The van der Waals surface area contributed by atoms with Gasteiger partial charge >= 0.3 is 6.03 Å².